The van der Waals surface area contributed by atoms with Crippen LogP contribution in [0, 0.1) is 0 Å². The lowest BCUT2D eigenvalue weighted by Crippen LogP contribution is -2.41. The molecule has 162 valence electrons. The Balaban J connectivity index is 1.27. The van der Waals surface area contributed by atoms with Crippen molar-refractivity contribution < 1.29 is 18.7 Å². The van der Waals surface area contributed by atoms with Crippen molar-refractivity contribution in [3.05, 3.63) is 72.4 Å². The first kappa shape index (κ1) is 20.1. The molecule has 9 heteroatoms. The maximum absolute atomic E-state index is 14.6. The molecule has 3 aromatic heterocycles. The Labute approximate surface area is 182 Å². The molecule has 1 saturated heterocycles. The van der Waals surface area contributed by atoms with Crippen molar-refractivity contribution in [3.8, 4) is 11.3 Å². The van der Waals surface area contributed by atoms with Gasteiger partial charge in [-0.05, 0) is 24.3 Å². The lowest BCUT2D eigenvalue weighted by Gasteiger charge is -2.16. The molecule has 32 heavy (non-hydrogen) atoms. The molecule has 4 aromatic rings. The van der Waals surface area contributed by atoms with Crippen LogP contribution >= 0.6 is 0 Å². The van der Waals surface area contributed by atoms with E-state index in [-0.39, 0.29) is 25.6 Å². The normalized spacial score (nSPS) is 18.2. The predicted molar refractivity (Wildman–Crippen MR) is 116 cm³/mol. The molecule has 1 fully saturated rings. The molecule has 8 nitrogen and oxygen atoms in total. The van der Waals surface area contributed by atoms with E-state index in [0.717, 1.165) is 22.2 Å². The average Bonchev–Trinajstić information content (AvgIpc) is 3.46. The number of fused-ring (bicyclic) bond motifs is 1. The average molecular weight is 433 g/mol. The van der Waals surface area contributed by atoms with E-state index in [1.165, 1.54) is 12.4 Å². The third kappa shape index (κ3) is 3.78. The summed E-state index contributed by atoms with van der Waals surface area (Å²) in [4.78, 5) is 27.1. The molecule has 1 amide bonds. The Kier molecular flexibility index (Phi) is 5.24. The van der Waals surface area contributed by atoms with E-state index in [9.17, 15) is 9.18 Å². The van der Waals surface area contributed by atoms with Gasteiger partial charge < -0.3 is 19.7 Å². The highest BCUT2D eigenvalue weighted by molar-refractivity contribution is 5.96. The molecule has 5 rings (SSSR count). The molecule has 0 radical (unpaired) electrons. The number of benzene rings is 1. The summed E-state index contributed by atoms with van der Waals surface area (Å²) in [6.07, 6.45) is 5.05. The summed E-state index contributed by atoms with van der Waals surface area (Å²) in [5.74, 6) is 0.0175. The van der Waals surface area contributed by atoms with E-state index in [1.54, 1.807) is 35.6 Å². The Morgan fingerprint density at radius 1 is 1.12 bits per heavy atom. The first-order chi connectivity index (χ1) is 15.6. The number of hydrogen-bond donors (Lipinski definition) is 2. The summed E-state index contributed by atoms with van der Waals surface area (Å²) < 4.78 is 20.0. The number of aliphatic hydroxyl groups is 1. The summed E-state index contributed by atoms with van der Waals surface area (Å²) in [5.41, 5.74) is 3.38. The van der Waals surface area contributed by atoms with Crippen LogP contribution in [0.5, 0.6) is 0 Å². The number of alkyl halides is 1. The van der Waals surface area contributed by atoms with Crippen molar-refractivity contribution in [2.45, 2.75) is 18.8 Å². The number of hydrogen-bond acceptors (Lipinski definition) is 7. The van der Waals surface area contributed by atoms with E-state index < -0.39 is 12.2 Å². The van der Waals surface area contributed by atoms with Gasteiger partial charge in [0.1, 0.15) is 11.8 Å². The van der Waals surface area contributed by atoms with Gasteiger partial charge in [0.25, 0.3) is 5.91 Å². The zero-order chi connectivity index (χ0) is 22.1. The van der Waals surface area contributed by atoms with Crippen molar-refractivity contribution in [3.63, 3.8) is 0 Å². The third-order valence-corrected chi connectivity index (χ3v) is 5.52. The minimum atomic E-state index is -1.25. The van der Waals surface area contributed by atoms with Gasteiger partial charge >= 0.3 is 0 Å². The number of aromatic nitrogens is 3. The maximum Gasteiger partial charge on any atom is 0.251 e. The molecule has 1 aliphatic rings. The largest absolute Gasteiger partial charge is 0.464 e. The van der Waals surface area contributed by atoms with Crippen LogP contribution in [0.25, 0.3) is 22.2 Å². The van der Waals surface area contributed by atoms with Crippen molar-refractivity contribution in [2.75, 3.05) is 18.0 Å². The molecule has 1 aromatic carbocycles. The quantitative estimate of drug-likeness (QED) is 0.499. The number of amides is 1. The molecule has 0 bridgehead atoms. The topological polar surface area (TPSA) is 104 Å². The molecular weight excluding hydrogens is 413 g/mol. The van der Waals surface area contributed by atoms with Crippen molar-refractivity contribution in [1.82, 2.24) is 20.3 Å². The van der Waals surface area contributed by atoms with Crippen molar-refractivity contribution in [1.29, 1.82) is 0 Å². The van der Waals surface area contributed by atoms with Gasteiger partial charge in [0.15, 0.2) is 0 Å². The molecule has 0 spiro atoms. The lowest BCUT2D eigenvalue weighted by atomic mass is 10.1. The smallest absolute Gasteiger partial charge is 0.251 e. The highest BCUT2D eigenvalue weighted by Gasteiger charge is 2.35. The van der Waals surface area contributed by atoms with Crippen molar-refractivity contribution in [2.24, 2.45) is 0 Å². The van der Waals surface area contributed by atoms with E-state index in [4.69, 9.17) is 9.52 Å². The number of pyridine rings is 1. The van der Waals surface area contributed by atoms with Gasteiger partial charge in [0.05, 0.1) is 31.2 Å². The second-order valence-corrected chi connectivity index (χ2v) is 7.62. The summed E-state index contributed by atoms with van der Waals surface area (Å²) in [5, 5.41) is 12.8. The molecule has 1 aliphatic heterocycles. The Morgan fingerprint density at radius 3 is 2.66 bits per heavy atom. The lowest BCUT2D eigenvalue weighted by molar-refractivity contribution is 0.0924. The number of halogens is 1. The Hall–Kier alpha value is -3.85. The molecular formula is C23H20FN5O3. The van der Waals surface area contributed by atoms with E-state index in [2.05, 4.69) is 20.3 Å². The number of nitrogens with zero attached hydrogens (tertiary/aromatic N) is 4. The van der Waals surface area contributed by atoms with Crippen LogP contribution in [0.3, 0.4) is 0 Å². The molecule has 0 aliphatic carbocycles. The van der Waals surface area contributed by atoms with Crippen LogP contribution < -0.4 is 10.2 Å². The fraction of sp³-hybridized carbons (Fsp3) is 0.217. The van der Waals surface area contributed by atoms with E-state index in [0.29, 0.717) is 17.1 Å². The number of aliphatic hydroxyl groups excluding tert-OH is 1. The molecule has 0 saturated carbocycles. The minimum absolute atomic E-state index is 0.0860. The summed E-state index contributed by atoms with van der Waals surface area (Å²) in [6, 6.07) is 9.99. The third-order valence-electron chi connectivity index (χ3n) is 5.52. The van der Waals surface area contributed by atoms with Crippen molar-refractivity contribution >= 4 is 22.8 Å². The van der Waals surface area contributed by atoms with E-state index in [1.807, 2.05) is 18.2 Å². The first-order valence-corrected chi connectivity index (χ1v) is 10.2. The molecule has 0 unspecified atom stereocenters. The van der Waals surface area contributed by atoms with Gasteiger partial charge in [0.2, 0.25) is 5.95 Å². The fourth-order valence-corrected chi connectivity index (χ4v) is 3.81. The highest BCUT2D eigenvalue weighted by Crippen LogP contribution is 2.27. The van der Waals surface area contributed by atoms with Crippen LogP contribution in [0.15, 0.2) is 65.7 Å². The number of carbonyl (C=O) groups is 1. The number of furan rings is 1. The number of nitrogens with one attached hydrogen (secondary N) is 1. The predicted octanol–water partition coefficient (Wildman–Crippen LogP) is 2.73. The van der Waals surface area contributed by atoms with Gasteiger partial charge in [0, 0.05) is 47.2 Å². The number of carbonyl (C=O) groups excluding carboxylic acids is 1. The number of rotatable bonds is 5. The second-order valence-electron chi connectivity index (χ2n) is 7.62. The van der Waals surface area contributed by atoms with Gasteiger partial charge in [-0.25, -0.2) is 14.4 Å². The maximum atomic E-state index is 14.6. The molecule has 2 N–H and O–H groups in total. The van der Waals surface area contributed by atoms with Crippen LogP contribution in [0.4, 0.5) is 10.3 Å². The SMILES string of the molecule is O=C(N[C@@H]1CN(c2ncc(CO)cn2)C[C@H]1F)c1ccc(-c2nccc3occc23)cc1. The number of anilines is 1. The van der Waals surface area contributed by atoms with Crippen LogP contribution in [0.1, 0.15) is 15.9 Å². The van der Waals surface area contributed by atoms with Gasteiger partial charge in [-0.3, -0.25) is 9.78 Å². The fourth-order valence-electron chi connectivity index (χ4n) is 3.81. The zero-order valence-corrected chi connectivity index (χ0v) is 17.0. The summed E-state index contributed by atoms with van der Waals surface area (Å²) >= 11 is 0. The van der Waals surface area contributed by atoms with Crippen LogP contribution in [-0.4, -0.2) is 51.3 Å². The molecule has 2 atom stereocenters. The van der Waals surface area contributed by atoms with Gasteiger partial charge in [-0.1, -0.05) is 12.1 Å². The summed E-state index contributed by atoms with van der Waals surface area (Å²) in [6.45, 7) is 0.190. The zero-order valence-electron chi connectivity index (χ0n) is 17.0. The van der Waals surface area contributed by atoms with Crippen LogP contribution in [0.2, 0.25) is 0 Å². The monoisotopic (exact) mass is 433 g/mol. The minimum Gasteiger partial charge on any atom is -0.464 e. The van der Waals surface area contributed by atoms with Gasteiger partial charge in [-0.15, -0.1) is 0 Å². The van der Waals surface area contributed by atoms with E-state index >= 15 is 0 Å². The Morgan fingerprint density at radius 2 is 1.91 bits per heavy atom. The standard InChI is InChI=1S/C23H20FN5O3/c24-18-11-29(23-26-9-14(13-30)10-27-23)12-19(18)28-22(31)16-3-1-15(2-4-16)21-17-6-8-32-20(17)5-7-25-21/h1-10,18-19,30H,11-13H2,(H,28,31)/t18-,19-/m1/s1. The summed E-state index contributed by atoms with van der Waals surface area (Å²) in [7, 11) is 0. The van der Waals surface area contributed by atoms with Gasteiger partial charge in [-0.2, -0.15) is 0 Å². The Bertz CT molecular complexity index is 1240. The second kappa shape index (κ2) is 8.35. The van der Waals surface area contributed by atoms with Crippen LogP contribution in [-0.2, 0) is 6.61 Å². The highest BCUT2D eigenvalue weighted by atomic mass is 19.1. The molecule has 4 heterocycles. The first-order valence-electron chi connectivity index (χ1n) is 10.2.